The third-order valence-electron chi connectivity index (χ3n) is 8.31. The van der Waals surface area contributed by atoms with Gasteiger partial charge in [0.15, 0.2) is 5.58 Å². The second kappa shape index (κ2) is 9.56. The van der Waals surface area contributed by atoms with Crippen LogP contribution in [0.15, 0.2) is 146 Å². The summed E-state index contributed by atoms with van der Waals surface area (Å²) in [6.45, 7) is 0. The fourth-order valence-electron chi connectivity index (χ4n) is 6.21. The van der Waals surface area contributed by atoms with E-state index < -0.39 is 0 Å². The number of benzene rings is 6. The summed E-state index contributed by atoms with van der Waals surface area (Å²) in [5, 5.41) is 3.23. The first kappa shape index (κ1) is 25.0. The van der Waals surface area contributed by atoms with Crippen LogP contribution in [0.3, 0.4) is 0 Å². The van der Waals surface area contributed by atoms with E-state index >= 15 is 0 Å². The van der Waals surface area contributed by atoms with Crippen molar-refractivity contribution in [3.05, 3.63) is 127 Å². The molecule has 0 fully saturated rings. The molecule has 3 aromatic heterocycles. The van der Waals surface area contributed by atoms with Gasteiger partial charge >= 0.3 is 0 Å². The summed E-state index contributed by atoms with van der Waals surface area (Å²) in [7, 11) is 0. The third kappa shape index (κ3) is 3.94. The number of fused-ring (bicyclic) bond motifs is 7. The maximum atomic E-state index is 6.36. The number of para-hydroxylation sites is 4. The fraction of sp³-hybridized carbons (Fsp3) is 0. The van der Waals surface area contributed by atoms with Gasteiger partial charge in [-0.25, -0.2) is 9.97 Å². The molecule has 1 aliphatic heterocycles. The van der Waals surface area contributed by atoms with Crippen molar-refractivity contribution in [2.75, 3.05) is 4.90 Å². The third-order valence-corrected chi connectivity index (χ3v) is 10.5. The van der Waals surface area contributed by atoms with E-state index in [0.29, 0.717) is 5.89 Å². The highest BCUT2D eigenvalue weighted by Gasteiger charge is 2.28. The summed E-state index contributed by atoms with van der Waals surface area (Å²) in [4.78, 5) is 14.3. The highest BCUT2D eigenvalue weighted by molar-refractivity contribution is 7.99. The molecule has 5 nitrogen and oxygen atoms in total. The van der Waals surface area contributed by atoms with Gasteiger partial charge in [-0.05, 0) is 66.7 Å². The Morgan fingerprint density at radius 3 is 2.27 bits per heavy atom. The van der Waals surface area contributed by atoms with Crippen LogP contribution in [-0.4, -0.2) is 9.97 Å². The van der Waals surface area contributed by atoms with Crippen molar-refractivity contribution < 1.29 is 8.83 Å². The van der Waals surface area contributed by atoms with Gasteiger partial charge in [-0.1, -0.05) is 66.4 Å². The largest absolute Gasteiger partial charge is 0.456 e. The molecule has 0 radical (unpaired) electrons. The molecule has 10 rings (SSSR count). The van der Waals surface area contributed by atoms with Crippen molar-refractivity contribution in [3.8, 4) is 22.0 Å². The molecule has 6 aromatic carbocycles. The topological polar surface area (TPSA) is 55.3 Å². The van der Waals surface area contributed by atoms with E-state index in [4.69, 9.17) is 18.8 Å². The number of rotatable bonds is 3. The van der Waals surface area contributed by atoms with Crippen molar-refractivity contribution in [2.24, 2.45) is 0 Å². The van der Waals surface area contributed by atoms with Crippen LogP contribution in [-0.2, 0) is 0 Å². The average molecular weight is 616 g/mol. The van der Waals surface area contributed by atoms with Gasteiger partial charge in [0.25, 0.3) is 0 Å². The van der Waals surface area contributed by atoms with Gasteiger partial charge < -0.3 is 13.7 Å². The Kier molecular flexibility index (Phi) is 5.31. The molecule has 0 N–H and O–H groups in total. The van der Waals surface area contributed by atoms with Crippen LogP contribution in [0.1, 0.15) is 0 Å². The Balaban J connectivity index is 1.17. The van der Waals surface area contributed by atoms with Crippen LogP contribution < -0.4 is 4.90 Å². The van der Waals surface area contributed by atoms with Crippen molar-refractivity contribution >= 4 is 83.4 Å². The van der Waals surface area contributed by atoms with Crippen LogP contribution in [0.25, 0.3) is 65.3 Å². The van der Waals surface area contributed by atoms with Crippen LogP contribution in [0.2, 0.25) is 0 Å². The molecule has 0 atom stereocenters. The first-order valence-corrected chi connectivity index (χ1v) is 16.3. The maximum Gasteiger partial charge on any atom is 0.227 e. The first-order chi connectivity index (χ1) is 22.2. The molecule has 0 bridgehead atoms. The molecular weight excluding hydrogens is 595 g/mol. The molecule has 0 unspecified atom stereocenters. The zero-order chi connectivity index (χ0) is 29.5. The Bertz CT molecular complexity index is 2550. The first-order valence-electron chi connectivity index (χ1n) is 14.6. The normalized spacial score (nSPS) is 12.8. The Morgan fingerprint density at radius 2 is 1.36 bits per heavy atom. The number of anilines is 3. The lowest BCUT2D eigenvalue weighted by Gasteiger charge is -2.33. The van der Waals surface area contributed by atoms with E-state index in [-0.39, 0.29) is 0 Å². The quantitative estimate of drug-likeness (QED) is 0.197. The molecule has 0 spiro atoms. The number of furan rings is 1. The predicted octanol–water partition coefficient (Wildman–Crippen LogP) is 11.6. The van der Waals surface area contributed by atoms with Crippen molar-refractivity contribution in [3.63, 3.8) is 0 Å². The second-order valence-electron chi connectivity index (χ2n) is 11.1. The summed E-state index contributed by atoms with van der Waals surface area (Å²) in [6.07, 6.45) is 0. The highest BCUT2D eigenvalue weighted by atomic mass is 32.2. The number of hydrogen-bond donors (Lipinski definition) is 0. The van der Waals surface area contributed by atoms with E-state index in [1.54, 1.807) is 23.1 Å². The standard InChI is InChI=1S/C38H21N3O2S2/c1-4-13-31-25(10-1)26-20-36-30(21-33(26)42-31)41(24-9-7-8-23(18-24)38-40-28-12-3-6-15-34(28)45-38)29-17-16-22(19-35(29)44-36)37-39-27-11-2-5-14-32(27)43-37/h1-21H. The van der Waals surface area contributed by atoms with Gasteiger partial charge in [0, 0.05) is 43.4 Å². The Morgan fingerprint density at radius 1 is 0.533 bits per heavy atom. The molecule has 45 heavy (non-hydrogen) atoms. The number of nitrogens with zero attached hydrogens (tertiary/aromatic N) is 3. The van der Waals surface area contributed by atoms with E-state index in [2.05, 4.69) is 89.8 Å². The summed E-state index contributed by atoms with van der Waals surface area (Å²) in [5.74, 6) is 0.617. The summed E-state index contributed by atoms with van der Waals surface area (Å²) in [5.41, 5.74) is 9.67. The average Bonchev–Trinajstić information content (AvgIpc) is 3.81. The van der Waals surface area contributed by atoms with Gasteiger partial charge in [-0.15, -0.1) is 11.3 Å². The van der Waals surface area contributed by atoms with Gasteiger partial charge in [0.05, 0.1) is 21.6 Å². The van der Waals surface area contributed by atoms with E-state index in [9.17, 15) is 0 Å². The van der Waals surface area contributed by atoms with Crippen molar-refractivity contribution in [1.29, 1.82) is 0 Å². The second-order valence-corrected chi connectivity index (χ2v) is 13.2. The number of aromatic nitrogens is 2. The van der Waals surface area contributed by atoms with Gasteiger partial charge in [-0.2, -0.15) is 0 Å². The minimum Gasteiger partial charge on any atom is -0.456 e. The van der Waals surface area contributed by atoms with Crippen LogP contribution in [0, 0.1) is 0 Å². The van der Waals surface area contributed by atoms with Crippen molar-refractivity contribution in [2.45, 2.75) is 9.79 Å². The molecule has 0 saturated heterocycles. The summed E-state index contributed by atoms with van der Waals surface area (Å²) >= 11 is 3.48. The van der Waals surface area contributed by atoms with Gasteiger partial charge in [-0.3, -0.25) is 0 Å². The SMILES string of the molecule is c1cc(-c2nc3ccccc3s2)cc(N2c3ccc(-c4nc5ccccc5o4)cc3Sc3cc4c(cc32)oc2ccccc24)c1. The molecule has 0 saturated carbocycles. The zero-order valence-corrected chi connectivity index (χ0v) is 25.2. The molecule has 212 valence electrons. The van der Waals surface area contributed by atoms with Gasteiger partial charge in [0.1, 0.15) is 21.7 Å². The van der Waals surface area contributed by atoms with E-state index in [1.807, 2.05) is 42.5 Å². The molecule has 7 heteroatoms. The lowest BCUT2D eigenvalue weighted by molar-refractivity contribution is 0.619. The molecular formula is C38H21N3O2S2. The summed E-state index contributed by atoms with van der Waals surface area (Å²) in [6, 6.07) is 44.0. The molecule has 9 aromatic rings. The predicted molar refractivity (Wildman–Crippen MR) is 184 cm³/mol. The van der Waals surface area contributed by atoms with Crippen LogP contribution in [0.5, 0.6) is 0 Å². The molecule has 0 amide bonds. The molecule has 1 aliphatic rings. The Labute approximate surface area is 265 Å². The number of oxazole rings is 1. The maximum absolute atomic E-state index is 6.36. The fourth-order valence-corrected chi connectivity index (χ4v) is 8.29. The summed E-state index contributed by atoms with van der Waals surface area (Å²) < 4.78 is 13.7. The highest BCUT2D eigenvalue weighted by Crippen LogP contribution is 2.54. The lowest BCUT2D eigenvalue weighted by atomic mass is 10.1. The van der Waals surface area contributed by atoms with Crippen molar-refractivity contribution in [1.82, 2.24) is 9.97 Å². The number of hydrogen-bond acceptors (Lipinski definition) is 7. The van der Waals surface area contributed by atoms with Gasteiger partial charge in [0.2, 0.25) is 5.89 Å². The Hall–Kier alpha value is -5.37. The van der Waals surface area contributed by atoms with E-state index in [0.717, 1.165) is 81.5 Å². The minimum absolute atomic E-state index is 0.617. The zero-order valence-electron chi connectivity index (χ0n) is 23.6. The smallest absolute Gasteiger partial charge is 0.227 e. The number of thiazole rings is 1. The minimum atomic E-state index is 0.617. The van der Waals surface area contributed by atoms with Crippen LogP contribution >= 0.6 is 23.1 Å². The lowest BCUT2D eigenvalue weighted by Crippen LogP contribution is -2.15. The molecule has 0 aliphatic carbocycles. The monoisotopic (exact) mass is 615 g/mol. The van der Waals surface area contributed by atoms with Crippen LogP contribution in [0.4, 0.5) is 17.1 Å². The molecule has 4 heterocycles. The van der Waals surface area contributed by atoms with E-state index in [1.165, 1.54) is 4.70 Å².